The number of benzene rings is 2. The Bertz CT molecular complexity index is 1460. The van der Waals surface area contributed by atoms with Crippen LogP contribution in [0.2, 0.25) is 0 Å². The van der Waals surface area contributed by atoms with Gasteiger partial charge in [0.15, 0.2) is 10.8 Å². The van der Waals surface area contributed by atoms with Gasteiger partial charge in [-0.25, -0.2) is 9.97 Å². The average molecular weight is 475 g/mol. The molecule has 8 nitrogen and oxygen atoms in total. The number of aromatic nitrogens is 4. The van der Waals surface area contributed by atoms with E-state index in [1.165, 1.54) is 23.1 Å². The Kier molecular flexibility index (Phi) is 5.76. The predicted octanol–water partition coefficient (Wildman–Crippen LogP) is 4.63. The summed E-state index contributed by atoms with van der Waals surface area (Å²) in [6.07, 6.45) is 0. The zero-order chi connectivity index (χ0) is 22.8. The molecule has 0 bridgehead atoms. The van der Waals surface area contributed by atoms with Gasteiger partial charge in [0, 0.05) is 16.8 Å². The summed E-state index contributed by atoms with van der Waals surface area (Å²) in [7, 11) is 0. The number of fused-ring (bicyclic) bond motifs is 3. The third-order valence-electron chi connectivity index (χ3n) is 4.76. The van der Waals surface area contributed by atoms with E-state index in [0.29, 0.717) is 27.2 Å². The Morgan fingerprint density at radius 2 is 1.73 bits per heavy atom. The molecule has 164 valence electrons. The van der Waals surface area contributed by atoms with E-state index >= 15 is 0 Å². The number of amides is 2. The van der Waals surface area contributed by atoms with Gasteiger partial charge in [-0.2, -0.15) is 4.52 Å². The van der Waals surface area contributed by atoms with E-state index in [1.807, 2.05) is 42.6 Å². The monoisotopic (exact) mass is 474 g/mol. The number of hydrogen-bond acceptors (Lipinski definition) is 7. The van der Waals surface area contributed by atoms with Crippen LogP contribution < -0.4 is 10.6 Å². The minimum atomic E-state index is -0.171. The topological polar surface area (TPSA) is 101 Å². The summed E-state index contributed by atoms with van der Waals surface area (Å²) in [5.41, 5.74) is 2.83. The molecule has 0 aliphatic carbocycles. The molecule has 5 aromatic rings. The number of nitrogens with zero attached hydrogens (tertiary/aromatic N) is 4. The van der Waals surface area contributed by atoms with Crippen molar-refractivity contribution < 1.29 is 9.59 Å². The van der Waals surface area contributed by atoms with Crippen LogP contribution in [0, 0.1) is 6.92 Å². The summed E-state index contributed by atoms with van der Waals surface area (Å²) >= 11 is 2.68. The quantitative estimate of drug-likeness (QED) is 0.275. The maximum Gasteiger partial charge on any atom is 0.265 e. The lowest BCUT2D eigenvalue weighted by molar-refractivity contribution is -0.113. The molecular weight excluding hydrogens is 456 g/mol. The van der Waals surface area contributed by atoms with Crippen molar-refractivity contribution in [2.45, 2.75) is 12.1 Å². The second-order valence-electron chi connectivity index (χ2n) is 7.15. The summed E-state index contributed by atoms with van der Waals surface area (Å²) in [4.78, 5) is 34.5. The highest BCUT2D eigenvalue weighted by atomic mass is 32.2. The lowest BCUT2D eigenvalue weighted by atomic mass is 10.2. The molecule has 3 heterocycles. The van der Waals surface area contributed by atoms with Crippen LogP contribution in [0.3, 0.4) is 0 Å². The Labute approximate surface area is 197 Å². The zero-order valence-corrected chi connectivity index (χ0v) is 19.1. The molecule has 0 spiro atoms. The Morgan fingerprint density at radius 1 is 0.970 bits per heavy atom. The molecule has 0 saturated carbocycles. The predicted molar refractivity (Wildman–Crippen MR) is 131 cm³/mol. The van der Waals surface area contributed by atoms with E-state index in [9.17, 15) is 9.59 Å². The molecule has 0 radical (unpaired) electrons. The molecule has 0 unspecified atom stereocenters. The van der Waals surface area contributed by atoms with Gasteiger partial charge in [0.1, 0.15) is 5.82 Å². The van der Waals surface area contributed by atoms with Crippen LogP contribution in [0.5, 0.6) is 0 Å². The van der Waals surface area contributed by atoms with Crippen LogP contribution in [0.4, 0.5) is 11.4 Å². The largest absolute Gasteiger partial charge is 0.325 e. The molecular formula is C23H18N6O2S2. The first-order valence-corrected chi connectivity index (χ1v) is 11.9. The highest BCUT2D eigenvalue weighted by Crippen LogP contribution is 2.24. The van der Waals surface area contributed by atoms with Crippen molar-refractivity contribution in [2.24, 2.45) is 0 Å². The van der Waals surface area contributed by atoms with Gasteiger partial charge in [-0.05, 0) is 54.8 Å². The molecule has 0 fully saturated rings. The minimum absolute atomic E-state index is 0.157. The second kappa shape index (κ2) is 9.00. The summed E-state index contributed by atoms with van der Waals surface area (Å²) in [6.45, 7) is 1.83. The third kappa shape index (κ3) is 4.57. The number of thiophene rings is 1. The van der Waals surface area contributed by atoms with Crippen molar-refractivity contribution in [3.63, 3.8) is 0 Å². The van der Waals surface area contributed by atoms with Crippen LogP contribution in [0.25, 0.3) is 16.6 Å². The van der Waals surface area contributed by atoms with Crippen LogP contribution in [0.15, 0.2) is 71.2 Å². The van der Waals surface area contributed by atoms with Crippen LogP contribution in [-0.4, -0.2) is 37.1 Å². The van der Waals surface area contributed by atoms with Gasteiger partial charge < -0.3 is 10.6 Å². The SMILES string of the molecule is Cc1nc2c3ccccc3nc(SCC(=O)Nc3ccc(NC(=O)c4cccs4)cc3)n2n1. The fraction of sp³-hybridized carbons (Fsp3) is 0.0870. The lowest BCUT2D eigenvalue weighted by Crippen LogP contribution is -2.15. The molecule has 2 aromatic carbocycles. The van der Waals surface area contributed by atoms with Gasteiger partial charge in [0.25, 0.3) is 5.91 Å². The number of carbonyl (C=O) groups is 2. The standard InChI is InChI=1S/C23H18N6O2S2/c1-14-24-21-17-5-2-3-6-18(17)27-23(29(21)28-14)33-13-20(30)25-15-8-10-16(11-9-15)26-22(31)19-7-4-12-32-19/h2-12H,13H2,1H3,(H,25,30)(H,26,31). The molecule has 0 atom stereocenters. The van der Waals surface area contributed by atoms with Crippen LogP contribution in [-0.2, 0) is 4.79 Å². The minimum Gasteiger partial charge on any atom is -0.325 e. The normalized spacial score (nSPS) is 11.1. The van der Waals surface area contributed by atoms with Crippen molar-refractivity contribution in [3.05, 3.63) is 76.7 Å². The fourth-order valence-corrected chi connectivity index (χ4v) is 4.66. The van der Waals surface area contributed by atoms with Crippen molar-refractivity contribution in [1.82, 2.24) is 19.6 Å². The van der Waals surface area contributed by atoms with Gasteiger partial charge in [0.2, 0.25) is 5.91 Å². The van der Waals surface area contributed by atoms with E-state index < -0.39 is 0 Å². The van der Waals surface area contributed by atoms with Crippen LogP contribution in [0.1, 0.15) is 15.5 Å². The summed E-state index contributed by atoms with van der Waals surface area (Å²) < 4.78 is 1.68. The Morgan fingerprint density at radius 3 is 2.48 bits per heavy atom. The Hall–Kier alpha value is -3.76. The molecule has 10 heteroatoms. The highest BCUT2D eigenvalue weighted by Gasteiger charge is 2.14. The Balaban J connectivity index is 1.24. The maximum absolute atomic E-state index is 12.5. The number of thioether (sulfide) groups is 1. The summed E-state index contributed by atoms with van der Waals surface area (Å²) in [5.74, 6) is 0.479. The number of anilines is 2. The number of rotatable bonds is 6. The van der Waals surface area contributed by atoms with Gasteiger partial charge in [-0.3, -0.25) is 9.59 Å². The molecule has 2 N–H and O–H groups in total. The first-order chi connectivity index (χ1) is 16.1. The fourth-order valence-electron chi connectivity index (χ4n) is 3.29. The molecule has 0 aliphatic heterocycles. The number of para-hydroxylation sites is 1. The molecule has 0 saturated heterocycles. The summed E-state index contributed by atoms with van der Waals surface area (Å²) in [6, 6.07) is 18.3. The lowest BCUT2D eigenvalue weighted by Gasteiger charge is -2.08. The van der Waals surface area contributed by atoms with E-state index in [2.05, 4.69) is 25.7 Å². The third-order valence-corrected chi connectivity index (χ3v) is 6.56. The number of hydrogen-bond donors (Lipinski definition) is 2. The van der Waals surface area contributed by atoms with Gasteiger partial charge in [0.05, 0.1) is 16.1 Å². The van der Waals surface area contributed by atoms with Crippen molar-refractivity contribution in [2.75, 3.05) is 16.4 Å². The molecule has 3 aromatic heterocycles. The van der Waals surface area contributed by atoms with Gasteiger partial charge >= 0.3 is 0 Å². The van der Waals surface area contributed by atoms with E-state index in [-0.39, 0.29) is 17.6 Å². The zero-order valence-electron chi connectivity index (χ0n) is 17.5. The average Bonchev–Trinajstić information content (AvgIpc) is 3.49. The van der Waals surface area contributed by atoms with Crippen molar-refractivity contribution >= 4 is 62.8 Å². The number of nitrogens with one attached hydrogen (secondary N) is 2. The molecule has 0 aliphatic rings. The smallest absolute Gasteiger partial charge is 0.265 e. The van der Waals surface area contributed by atoms with E-state index in [1.54, 1.807) is 34.8 Å². The first-order valence-electron chi connectivity index (χ1n) is 10.1. The number of carbonyl (C=O) groups excluding carboxylic acids is 2. The van der Waals surface area contributed by atoms with Crippen molar-refractivity contribution in [3.8, 4) is 0 Å². The number of aryl methyl sites for hydroxylation is 1. The van der Waals surface area contributed by atoms with E-state index in [4.69, 9.17) is 0 Å². The van der Waals surface area contributed by atoms with E-state index in [0.717, 1.165) is 16.6 Å². The molecule has 2 amide bonds. The maximum atomic E-state index is 12.5. The molecule has 33 heavy (non-hydrogen) atoms. The molecule has 5 rings (SSSR count). The van der Waals surface area contributed by atoms with Gasteiger partial charge in [-0.15, -0.1) is 16.4 Å². The first kappa shape index (κ1) is 21.1. The second-order valence-corrected chi connectivity index (χ2v) is 9.04. The highest BCUT2D eigenvalue weighted by molar-refractivity contribution is 7.99. The van der Waals surface area contributed by atoms with Gasteiger partial charge in [-0.1, -0.05) is 30.0 Å². The van der Waals surface area contributed by atoms with Crippen molar-refractivity contribution in [1.29, 1.82) is 0 Å². The van der Waals surface area contributed by atoms with Crippen LogP contribution >= 0.6 is 23.1 Å². The summed E-state index contributed by atoms with van der Waals surface area (Å²) in [5, 5.41) is 13.5.